The van der Waals surface area contributed by atoms with E-state index in [0.29, 0.717) is 19.1 Å². The number of hydrogen-bond acceptors (Lipinski definition) is 4. The molecule has 0 aromatic heterocycles. The molecule has 6 heteroatoms. The number of methoxy groups -OCH3 is 1. The second kappa shape index (κ2) is 9.24. The Kier molecular flexibility index (Phi) is 6.48. The molecule has 1 saturated heterocycles. The summed E-state index contributed by atoms with van der Waals surface area (Å²) in [5.74, 6) is 3.40. The van der Waals surface area contributed by atoms with Crippen LogP contribution in [0.25, 0.3) is 0 Å². The molecule has 2 aliphatic heterocycles. The van der Waals surface area contributed by atoms with Crippen molar-refractivity contribution in [3.8, 4) is 11.5 Å². The van der Waals surface area contributed by atoms with Gasteiger partial charge in [-0.3, -0.25) is 4.99 Å². The third-order valence-corrected chi connectivity index (χ3v) is 6.57. The highest BCUT2D eigenvalue weighted by Crippen LogP contribution is 2.44. The number of hydrogen-bond donors (Lipinski definition) is 1. The highest BCUT2D eigenvalue weighted by Gasteiger charge is 2.37. The maximum absolute atomic E-state index is 5.86. The molecule has 2 fully saturated rings. The molecule has 4 rings (SSSR count). The number of benzene rings is 1. The molecule has 1 N–H and O–H groups in total. The van der Waals surface area contributed by atoms with Crippen LogP contribution in [0.5, 0.6) is 11.5 Å². The Hall–Kier alpha value is -1.95. The van der Waals surface area contributed by atoms with Crippen molar-refractivity contribution < 1.29 is 14.2 Å². The van der Waals surface area contributed by atoms with Crippen LogP contribution in [0.4, 0.5) is 0 Å². The Morgan fingerprint density at radius 2 is 2.03 bits per heavy atom. The second-order valence-corrected chi connectivity index (χ2v) is 8.57. The molecular formula is C23H35N3O3. The van der Waals surface area contributed by atoms with Crippen molar-refractivity contribution >= 4 is 5.96 Å². The quantitative estimate of drug-likeness (QED) is 0.586. The number of likely N-dealkylation sites (tertiary alicyclic amines) is 1. The zero-order valence-electron chi connectivity index (χ0n) is 17.9. The van der Waals surface area contributed by atoms with Gasteiger partial charge in [-0.15, -0.1) is 0 Å². The van der Waals surface area contributed by atoms with Crippen molar-refractivity contribution in [2.24, 2.45) is 10.9 Å². The fraction of sp³-hybridized carbons (Fsp3) is 0.696. The molecule has 0 radical (unpaired) electrons. The summed E-state index contributed by atoms with van der Waals surface area (Å²) in [7, 11) is 1.79. The zero-order chi connectivity index (χ0) is 20.1. The molecule has 1 aromatic rings. The number of aliphatic imine (C=N–C) groups is 1. The SMILES string of the molecule is CCNC(=NCC1(c2ccc3c(c2)OCCO3)CCCC1)N1CCC(COC)C1. The fourth-order valence-corrected chi connectivity index (χ4v) is 5.01. The molecule has 3 aliphatic rings. The van der Waals surface area contributed by atoms with Crippen molar-refractivity contribution in [3.63, 3.8) is 0 Å². The van der Waals surface area contributed by atoms with Gasteiger partial charge in [0.1, 0.15) is 13.2 Å². The molecule has 0 amide bonds. The van der Waals surface area contributed by atoms with Gasteiger partial charge in [0.25, 0.3) is 0 Å². The third kappa shape index (κ3) is 4.47. The van der Waals surface area contributed by atoms with Crippen molar-refractivity contribution in [3.05, 3.63) is 23.8 Å². The second-order valence-electron chi connectivity index (χ2n) is 8.57. The molecule has 0 spiro atoms. The fourth-order valence-electron chi connectivity index (χ4n) is 5.01. The van der Waals surface area contributed by atoms with Crippen LogP contribution in [0.1, 0.15) is 44.6 Å². The molecule has 1 saturated carbocycles. The third-order valence-electron chi connectivity index (χ3n) is 6.57. The number of fused-ring (bicyclic) bond motifs is 1. The monoisotopic (exact) mass is 401 g/mol. The molecule has 160 valence electrons. The van der Waals surface area contributed by atoms with Crippen LogP contribution in [0.2, 0.25) is 0 Å². The van der Waals surface area contributed by atoms with Crippen LogP contribution in [-0.2, 0) is 10.2 Å². The first kappa shape index (κ1) is 20.3. The lowest BCUT2D eigenvalue weighted by atomic mass is 9.79. The molecular weight excluding hydrogens is 366 g/mol. The molecule has 1 atom stereocenters. The number of nitrogens with one attached hydrogen (secondary N) is 1. The summed E-state index contributed by atoms with van der Waals surface area (Å²) >= 11 is 0. The Labute approximate surface area is 174 Å². The summed E-state index contributed by atoms with van der Waals surface area (Å²) in [6.07, 6.45) is 6.06. The Bertz CT molecular complexity index is 715. The van der Waals surface area contributed by atoms with Crippen LogP contribution in [0.15, 0.2) is 23.2 Å². The topological polar surface area (TPSA) is 55.3 Å². The molecule has 1 unspecified atom stereocenters. The molecule has 29 heavy (non-hydrogen) atoms. The van der Waals surface area contributed by atoms with Gasteiger partial charge in [-0.05, 0) is 43.9 Å². The minimum Gasteiger partial charge on any atom is -0.486 e. The van der Waals surface area contributed by atoms with Gasteiger partial charge in [-0.25, -0.2) is 0 Å². The predicted molar refractivity (Wildman–Crippen MR) is 115 cm³/mol. The zero-order valence-corrected chi connectivity index (χ0v) is 17.9. The Morgan fingerprint density at radius 1 is 1.24 bits per heavy atom. The first-order valence-electron chi connectivity index (χ1n) is 11.2. The first-order valence-corrected chi connectivity index (χ1v) is 11.2. The van der Waals surface area contributed by atoms with Crippen LogP contribution in [0.3, 0.4) is 0 Å². The maximum atomic E-state index is 5.86. The van der Waals surface area contributed by atoms with Gasteiger partial charge in [0.15, 0.2) is 17.5 Å². The van der Waals surface area contributed by atoms with E-state index in [1.54, 1.807) is 7.11 Å². The number of rotatable bonds is 6. The van der Waals surface area contributed by atoms with E-state index < -0.39 is 0 Å². The van der Waals surface area contributed by atoms with E-state index >= 15 is 0 Å². The van der Waals surface area contributed by atoms with Crippen LogP contribution in [-0.4, -0.2) is 64.0 Å². The summed E-state index contributed by atoms with van der Waals surface area (Å²) in [5, 5.41) is 3.52. The highest BCUT2D eigenvalue weighted by molar-refractivity contribution is 5.80. The normalized spacial score (nSPS) is 23.4. The summed E-state index contributed by atoms with van der Waals surface area (Å²) < 4.78 is 16.9. The van der Waals surface area contributed by atoms with E-state index in [1.807, 2.05) is 0 Å². The van der Waals surface area contributed by atoms with E-state index in [-0.39, 0.29) is 5.41 Å². The van der Waals surface area contributed by atoms with E-state index in [1.165, 1.54) is 37.7 Å². The predicted octanol–water partition coefficient (Wildman–Crippen LogP) is 3.20. The molecule has 1 aliphatic carbocycles. The van der Waals surface area contributed by atoms with Gasteiger partial charge >= 0.3 is 0 Å². The average molecular weight is 402 g/mol. The summed E-state index contributed by atoms with van der Waals surface area (Å²) in [4.78, 5) is 7.55. The van der Waals surface area contributed by atoms with Crippen molar-refractivity contribution in [2.75, 3.05) is 53.1 Å². The average Bonchev–Trinajstić information content (AvgIpc) is 3.42. The number of ether oxygens (including phenoxy) is 3. The lowest BCUT2D eigenvalue weighted by molar-refractivity contribution is 0.157. The van der Waals surface area contributed by atoms with Crippen molar-refractivity contribution in [1.82, 2.24) is 10.2 Å². The lowest BCUT2D eigenvalue weighted by Gasteiger charge is -2.31. The number of guanidine groups is 1. The van der Waals surface area contributed by atoms with Gasteiger partial charge in [0.2, 0.25) is 0 Å². The maximum Gasteiger partial charge on any atom is 0.193 e. The van der Waals surface area contributed by atoms with E-state index in [2.05, 4.69) is 35.3 Å². The summed E-state index contributed by atoms with van der Waals surface area (Å²) in [6, 6.07) is 6.51. The van der Waals surface area contributed by atoms with Crippen molar-refractivity contribution in [2.45, 2.75) is 44.4 Å². The van der Waals surface area contributed by atoms with Gasteiger partial charge in [0, 0.05) is 38.1 Å². The van der Waals surface area contributed by atoms with Crippen molar-refractivity contribution in [1.29, 1.82) is 0 Å². The molecule has 6 nitrogen and oxygen atoms in total. The van der Waals surface area contributed by atoms with E-state index in [4.69, 9.17) is 19.2 Å². The molecule has 2 heterocycles. The Balaban J connectivity index is 1.53. The largest absolute Gasteiger partial charge is 0.486 e. The summed E-state index contributed by atoms with van der Waals surface area (Å²) in [6.45, 7) is 8.02. The van der Waals surface area contributed by atoms with Gasteiger partial charge in [-0.1, -0.05) is 18.9 Å². The first-order chi connectivity index (χ1) is 14.2. The highest BCUT2D eigenvalue weighted by atomic mass is 16.6. The molecule has 1 aromatic carbocycles. The standard InChI is InChI=1S/C23H35N3O3/c1-3-24-22(26-11-8-18(15-26)16-27-2)25-17-23(9-4-5-10-23)19-6-7-20-21(14-19)29-13-12-28-20/h6-7,14,18H,3-5,8-13,15-17H2,1-2H3,(H,24,25). The van der Waals surface area contributed by atoms with Gasteiger partial charge in [0.05, 0.1) is 13.2 Å². The van der Waals surface area contributed by atoms with Crippen LogP contribution in [0, 0.1) is 5.92 Å². The van der Waals surface area contributed by atoms with E-state index in [0.717, 1.165) is 50.2 Å². The van der Waals surface area contributed by atoms with Crippen LogP contribution < -0.4 is 14.8 Å². The Morgan fingerprint density at radius 3 is 2.79 bits per heavy atom. The minimum absolute atomic E-state index is 0.0994. The molecule has 0 bridgehead atoms. The minimum atomic E-state index is 0.0994. The van der Waals surface area contributed by atoms with Gasteiger partial charge in [-0.2, -0.15) is 0 Å². The van der Waals surface area contributed by atoms with Crippen LogP contribution >= 0.6 is 0 Å². The summed E-state index contributed by atoms with van der Waals surface area (Å²) in [5.41, 5.74) is 1.44. The van der Waals surface area contributed by atoms with Gasteiger partial charge < -0.3 is 24.4 Å². The lowest BCUT2D eigenvalue weighted by Crippen LogP contribution is -2.41. The number of nitrogens with zero attached hydrogens (tertiary/aromatic N) is 2. The smallest absolute Gasteiger partial charge is 0.193 e. The van der Waals surface area contributed by atoms with E-state index in [9.17, 15) is 0 Å².